The third kappa shape index (κ3) is 6.94. The van der Waals surface area contributed by atoms with Crippen LogP contribution >= 0.6 is 11.6 Å². The van der Waals surface area contributed by atoms with Gasteiger partial charge in [0.2, 0.25) is 11.8 Å². The minimum Gasteiger partial charge on any atom is -0.352 e. The van der Waals surface area contributed by atoms with Crippen molar-refractivity contribution in [3.05, 3.63) is 107 Å². The maximum atomic E-state index is 13.8. The third-order valence-electron chi connectivity index (χ3n) is 6.22. The van der Waals surface area contributed by atoms with Crippen LogP contribution in [0, 0.1) is 0 Å². The normalized spacial score (nSPS) is 12.7. The summed E-state index contributed by atoms with van der Waals surface area (Å²) in [6.45, 7) is 6.13. The minimum absolute atomic E-state index is 0.0452. The smallest absolute Gasteiger partial charge is 0.242 e. The molecule has 4 nitrogen and oxygen atoms in total. The van der Waals surface area contributed by atoms with Crippen LogP contribution in [-0.4, -0.2) is 28.8 Å². The molecule has 3 aromatic rings. The first kappa shape index (κ1) is 25.5. The Hall–Kier alpha value is -3.11. The first-order valence-electron chi connectivity index (χ1n) is 11.8. The molecule has 0 aliphatic heterocycles. The van der Waals surface area contributed by atoms with Gasteiger partial charge in [0.05, 0.1) is 0 Å². The van der Waals surface area contributed by atoms with Crippen LogP contribution in [0.3, 0.4) is 0 Å². The molecule has 0 fully saturated rings. The molecule has 0 spiro atoms. The molecule has 0 radical (unpaired) electrons. The third-order valence-corrected chi connectivity index (χ3v) is 6.47. The summed E-state index contributed by atoms with van der Waals surface area (Å²) in [4.78, 5) is 28.5. The van der Waals surface area contributed by atoms with Crippen molar-refractivity contribution in [2.24, 2.45) is 0 Å². The maximum Gasteiger partial charge on any atom is 0.242 e. The Bertz CT molecular complexity index is 1020. The van der Waals surface area contributed by atoms with E-state index >= 15 is 0 Å². The lowest BCUT2D eigenvalue weighted by Crippen LogP contribution is -2.49. The van der Waals surface area contributed by atoms with E-state index in [1.54, 1.807) is 24.0 Å². The van der Waals surface area contributed by atoms with Gasteiger partial charge in [0, 0.05) is 29.9 Å². The zero-order valence-corrected chi connectivity index (χ0v) is 20.8. The fraction of sp³-hybridized carbons (Fsp3) is 0.310. The number of nitrogens with one attached hydrogen (secondary N) is 1. The van der Waals surface area contributed by atoms with E-state index in [1.165, 1.54) is 0 Å². The van der Waals surface area contributed by atoms with Crippen molar-refractivity contribution in [2.45, 2.75) is 58.2 Å². The van der Waals surface area contributed by atoms with Crippen molar-refractivity contribution >= 4 is 23.4 Å². The lowest BCUT2D eigenvalue weighted by molar-refractivity contribution is -0.141. The highest BCUT2D eigenvalue weighted by Crippen LogP contribution is 2.29. The lowest BCUT2D eigenvalue weighted by Gasteiger charge is -2.31. The Morgan fingerprint density at radius 3 is 1.88 bits per heavy atom. The fourth-order valence-corrected chi connectivity index (χ4v) is 4.05. The number of halogens is 1. The van der Waals surface area contributed by atoms with Gasteiger partial charge in [-0.2, -0.15) is 0 Å². The van der Waals surface area contributed by atoms with Crippen LogP contribution in [0.15, 0.2) is 84.9 Å². The van der Waals surface area contributed by atoms with Gasteiger partial charge in [-0.1, -0.05) is 91.3 Å². The molecule has 5 heteroatoms. The summed E-state index contributed by atoms with van der Waals surface area (Å²) >= 11 is 6.06. The molecule has 2 atom stereocenters. The van der Waals surface area contributed by atoms with Crippen molar-refractivity contribution < 1.29 is 9.59 Å². The quantitative estimate of drug-likeness (QED) is 0.379. The molecule has 1 N–H and O–H groups in total. The number of carbonyl (C=O) groups is 2. The van der Waals surface area contributed by atoms with E-state index in [4.69, 9.17) is 11.6 Å². The summed E-state index contributed by atoms with van der Waals surface area (Å²) in [5, 5.41) is 3.66. The van der Waals surface area contributed by atoms with Crippen LogP contribution in [0.2, 0.25) is 5.02 Å². The highest BCUT2D eigenvalue weighted by Gasteiger charge is 2.29. The molecule has 34 heavy (non-hydrogen) atoms. The summed E-state index contributed by atoms with van der Waals surface area (Å²) in [5.41, 5.74) is 3.08. The number of hydrogen-bond donors (Lipinski definition) is 1. The number of nitrogens with zero attached hydrogens (tertiary/aromatic N) is 1. The number of hydrogen-bond acceptors (Lipinski definition) is 2. The number of benzene rings is 3. The fourth-order valence-electron chi connectivity index (χ4n) is 3.93. The van der Waals surface area contributed by atoms with Gasteiger partial charge in [-0.15, -0.1) is 0 Å². The van der Waals surface area contributed by atoms with Crippen LogP contribution in [0.1, 0.15) is 56.2 Å². The van der Waals surface area contributed by atoms with Gasteiger partial charge < -0.3 is 10.2 Å². The summed E-state index contributed by atoms with van der Waals surface area (Å²) in [6.07, 6.45) is 1.09. The van der Waals surface area contributed by atoms with Gasteiger partial charge in [-0.25, -0.2) is 0 Å². The first-order valence-corrected chi connectivity index (χ1v) is 12.2. The van der Waals surface area contributed by atoms with E-state index in [-0.39, 0.29) is 30.2 Å². The highest BCUT2D eigenvalue weighted by molar-refractivity contribution is 6.30. The van der Waals surface area contributed by atoms with Crippen molar-refractivity contribution in [3.63, 3.8) is 0 Å². The monoisotopic (exact) mass is 476 g/mol. The van der Waals surface area contributed by atoms with Gasteiger partial charge in [0.1, 0.15) is 6.04 Å². The Morgan fingerprint density at radius 1 is 0.853 bits per heavy atom. The molecular weight excluding hydrogens is 444 g/mol. The van der Waals surface area contributed by atoms with E-state index < -0.39 is 6.04 Å². The van der Waals surface area contributed by atoms with E-state index in [0.29, 0.717) is 11.6 Å². The molecule has 2 unspecified atom stereocenters. The van der Waals surface area contributed by atoms with E-state index in [0.717, 1.165) is 23.1 Å². The van der Waals surface area contributed by atoms with Crippen LogP contribution < -0.4 is 5.32 Å². The van der Waals surface area contributed by atoms with Crippen LogP contribution in [0.5, 0.6) is 0 Å². The molecule has 0 saturated carbocycles. The summed E-state index contributed by atoms with van der Waals surface area (Å²) in [6, 6.07) is 26.9. The topological polar surface area (TPSA) is 49.4 Å². The van der Waals surface area contributed by atoms with Gasteiger partial charge in [-0.05, 0) is 49.1 Å². The van der Waals surface area contributed by atoms with Gasteiger partial charge >= 0.3 is 0 Å². The Balaban J connectivity index is 1.90. The molecule has 0 saturated heterocycles. The lowest BCUT2D eigenvalue weighted by atomic mass is 9.88. The molecule has 3 aromatic carbocycles. The molecule has 0 aliphatic rings. The SMILES string of the molecule is CCC(C)NC(=O)C(C)N(Cc1ccc(Cl)cc1)C(=O)CC(c1ccccc1)c1ccccc1. The number of carbonyl (C=O) groups excluding carboxylic acids is 2. The van der Waals surface area contributed by atoms with Crippen LogP contribution in [-0.2, 0) is 16.1 Å². The predicted molar refractivity (Wildman–Crippen MR) is 139 cm³/mol. The Kier molecular flexibility index (Phi) is 9.29. The average molecular weight is 477 g/mol. The van der Waals surface area contributed by atoms with Gasteiger partial charge in [0.15, 0.2) is 0 Å². The molecule has 2 amide bonds. The molecule has 178 valence electrons. The maximum absolute atomic E-state index is 13.8. The number of rotatable bonds is 10. The van der Waals surface area contributed by atoms with E-state index in [9.17, 15) is 9.59 Å². The van der Waals surface area contributed by atoms with Gasteiger partial charge in [0.25, 0.3) is 0 Å². The molecule has 3 rings (SSSR count). The zero-order valence-electron chi connectivity index (χ0n) is 20.1. The van der Waals surface area contributed by atoms with E-state index in [2.05, 4.69) is 5.32 Å². The molecule has 0 aliphatic carbocycles. The largest absolute Gasteiger partial charge is 0.352 e. The summed E-state index contributed by atoms with van der Waals surface area (Å²) in [7, 11) is 0. The average Bonchev–Trinajstić information content (AvgIpc) is 2.87. The van der Waals surface area contributed by atoms with Crippen molar-refractivity contribution in [1.82, 2.24) is 10.2 Å². The van der Waals surface area contributed by atoms with Crippen LogP contribution in [0.25, 0.3) is 0 Å². The van der Waals surface area contributed by atoms with Gasteiger partial charge in [-0.3, -0.25) is 9.59 Å². The molecule has 0 aromatic heterocycles. The van der Waals surface area contributed by atoms with Crippen molar-refractivity contribution in [2.75, 3.05) is 0 Å². The van der Waals surface area contributed by atoms with E-state index in [1.807, 2.05) is 86.6 Å². The molecule has 0 heterocycles. The van der Waals surface area contributed by atoms with Crippen molar-refractivity contribution in [1.29, 1.82) is 0 Å². The first-order chi connectivity index (χ1) is 16.4. The second kappa shape index (κ2) is 12.4. The van der Waals surface area contributed by atoms with Crippen LogP contribution in [0.4, 0.5) is 0 Å². The Morgan fingerprint density at radius 2 is 1.38 bits per heavy atom. The summed E-state index contributed by atoms with van der Waals surface area (Å²) < 4.78 is 0. The second-order valence-corrected chi connectivity index (χ2v) is 9.16. The summed E-state index contributed by atoms with van der Waals surface area (Å²) in [5.74, 6) is -0.320. The van der Waals surface area contributed by atoms with Crippen molar-refractivity contribution in [3.8, 4) is 0 Å². The standard InChI is InChI=1S/C29H33ClN2O2/c1-4-21(2)31-29(34)22(3)32(20-23-15-17-26(30)18-16-23)28(33)19-27(24-11-7-5-8-12-24)25-13-9-6-10-14-25/h5-18,21-22,27H,4,19-20H2,1-3H3,(H,31,34). The molecule has 0 bridgehead atoms. The molecular formula is C29H33ClN2O2. The number of amides is 2. The highest BCUT2D eigenvalue weighted by atomic mass is 35.5. The predicted octanol–water partition coefficient (Wildman–Crippen LogP) is 6.19. The Labute approximate surface area is 207 Å². The minimum atomic E-state index is -0.607. The zero-order chi connectivity index (χ0) is 24.5. The second-order valence-electron chi connectivity index (χ2n) is 8.72.